The van der Waals surface area contributed by atoms with E-state index in [1.165, 1.54) is 12.1 Å². The van der Waals surface area contributed by atoms with E-state index in [1.54, 1.807) is 20.8 Å². The highest BCUT2D eigenvalue weighted by Gasteiger charge is 2.66. The Balaban J connectivity index is 2.30. The summed E-state index contributed by atoms with van der Waals surface area (Å²) < 4.78 is 5.55. The van der Waals surface area contributed by atoms with Crippen molar-refractivity contribution in [3.63, 3.8) is 0 Å². The van der Waals surface area contributed by atoms with Gasteiger partial charge in [-0.3, -0.25) is 14.9 Å². The standard InChI is InChI=1S/C17H22N2O6/c1-5-25-13-9-17(15(21)22,16(13,3)4)18-14(20)11-7-6-10(2)12(8-11)19(23)24/h6-8,13H,5,9H2,1-4H3,(H,18,20)(H,21,22). The molecule has 0 spiro atoms. The second-order valence-electron chi connectivity index (χ2n) is 6.79. The van der Waals surface area contributed by atoms with Gasteiger partial charge in [0.1, 0.15) is 5.54 Å². The van der Waals surface area contributed by atoms with E-state index in [9.17, 15) is 24.8 Å². The van der Waals surface area contributed by atoms with Crippen molar-refractivity contribution in [2.75, 3.05) is 6.61 Å². The van der Waals surface area contributed by atoms with Crippen molar-refractivity contribution in [3.05, 3.63) is 39.4 Å². The lowest BCUT2D eigenvalue weighted by atomic mass is 9.54. The number of carbonyl (C=O) groups is 2. The van der Waals surface area contributed by atoms with E-state index in [0.717, 1.165) is 6.07 Å². The fourth-order valence-electron chi connectivity index (χ4n) is 3.25. The third-order valence-corrected chi connectivity index (χ3v) is 5.12. The number of amides is 1. The highest BCUT2D eigenvalue weighted by molar-refractivity contribution is 5.99. The number of aryl methyl sites for hydroxylation is 1. The van der Waals surface area contributed by atoms with Gasteiger partial charge in [-0.25, -0.2) is 4.79 Å². The van der Waals surface area contributed by atoms with Gasteiger partial charge in [0.15, 0.2) is 0 Å². The molecule has 2 rings (SSSR count). The smallest absolute Gasteiger partial charge is 0.330 e. The number of nitro benzene ring substituents is 1. The maximum absolute atomic E-state index is 12.6. The highest BCUT2D eigenvalue weighted by atomic mass is 16.6. The lowest BCUT2D eigenvalue weighted by molar-refractivity contribution is -0.385. The van der Waals surface area contributed by atoms with Gasteiger partial charge in [0.25, 0.3) is 11.6 Å². The summed E-state index contributed by atoms with van der Waals surface area (Å²) in [5, 5.41) is 23.3. The Bertz CT molecular complexity index is 730. The molecule has 1 fully saturated rings. The molecule has 2 atom stereocenters. The number of carboxylic acids is 1. The van der Waals surface area contributed by atoms with Crippen LogP contribution in [0, 0.1) is 22.5 Å². The van der Waals surface area contributed by atoms with Gasteiger partial charge < -0.3 is 15.2 Å². The minimum absolute atomic E-state index is 0.0496. The van der Waals surface area contributed by atoms with Crippen LogP contribution in [0.3, 0.4) is 0 Å². The quantitative estimate of drug-likeness (QED) is 0.600. The van der Waals surface area contributed by atoms with Gasteiger partial charge in [-0.1, -0.05) is 19.9 Å². The maximum atomic E-state index is 12.6. The molecule has 0 aromatic heterocycles. The zero-order chi connectivity index (χ0) is 19.0. The molecule has 8 nitrogen and oxygen atoms in total. The topological polar surface area (TPSA) is 119 Å². The van der Waals surface area contributed by atoms with Crippen molar-refractivity contribution >= 4 is 17.6 Å². The molecule has 1 aliphatic carbocycles. The van der Waals surface area contributed by atoms with Gasteiger partial charge in [0, 0.05) is 35.6 Å². The molecule has 25 heavy (non-hydrogen) atoms. The van der Waals surface area contributed by atoms with E-state index in [4.69, 9.17) is 4.74 Å². The molecular weight excluding hydrogens is 328 g/mol. The summed E-state index contributed by atoms with van der Waals surface area (Å²) in [4.78, 5) is 34.9. The van der Waals surface area contributed by atoms with Crippen LogP contribution in [0.2, 0.25) is 0 Å². The molecule has 8 heteroatoms. The van der Waals surface area contributed by atoms with E-state index in [2.05, 4.69) is 5.32 Å². The zero-order valence-electron chi connectivity index (χ0n) is 14.7. The van der Waals surface area contributed by atoms with Gasteiger partial charge >= 0.3 is 5.97 Å². The lowest BCUT2D eigenvalue weighted by Crippen LogP contribution is -2.76. The Labute approximate surface area is 145 Å². The maximum Gasteiger partial charge on any atom is 0.330 e. The van der Waals surface area contributed by atoms with Crippen LogP contribution in [-0.2, 0) is 9.53 Å². The number of hydrogen-bond acceptors (Lipinski definition) is 5. The number of carboxylic acid groups (broad SMARTS) is 1. The SMILES string of the molecule is CCOC1CC(NC(=O)c2ccc(C)c([N+](=O)[O-])c2)(C(=O)O)C1(C)C. The zero-order valence-corrected chi connectivity index (χ0v) is 14.7. The average Bonchev–Trinajstić information content (AvgIpc) is 2.53. The first kappa shape index (κ1) is 18.9. The van der Waals surface area contributed by atoms with Crippen molar-refractivity contribution in [1.82, 2.24) is 5.32 Å². The predicted octanol–water partition coefficient (Wildman–Crippen LogP) is 2.29. The second kappa shape index (κ2) is 6.44. The molecule has 1 saturated carbocycles. The largest absolute Gasteiger partial charge is 0.479 e. The average molecular weight is 350 g/mol. The first-order valence-electron chi connectivity index (χ1n) is 7.99. The van der Waals surface area contributed by atoms with Crippen molar-refractivity contribution in [1.29, 1.82) is 0 Å². The normalized spacial score (nSPS) is 24.2. The van der Waals surface area contributed by atoms with E-state index in [-0.39, 0.29) is 23.8 Å². The van der Waals surface area contributed by atoms with Crippen LogP contribution in [0.4, 0.5) is 5.69 Å². The summed E-state index contributed by atoms with van der Waals surface area (Å²) in [6, 6.07) is 4.07. The van der Waals surface area contributed by atoms with Crippen molar-refractivity contribution in [2.24, 2.45) is 5.41 Å². The van der Waals surface area contributed by atoms with Crippen LogP contribution in [0.15, 0.2) is 18.2 Å². The van der Waals surface area contributed by atoms with Crippen molar-refractivity contribution < 1.29 is 24.4 Å². The molecule has 0 aliphatic heterocycles. The van der Waals surface area contributed by atoms with Gasteiger partial charge in [0.05, 0.1) is 11.0 Å². The van der Waals surface area contributed by atoms with Gasteiger partial charge in [-0.15, -0.1) is 0 Å². The van der Waals surface area contributed by atoms with E-state index in [1.807, 2.05) is 6.92 Å². The van der Waals surface area contributed by atoms with Crippen molar-refractivity contribution in [3.8, 4) is 0 Å². The number of ether oxygens (including phenoxy) is 1. The Morgan fingerprint density at radius 1 is 1.44 bits per heavy atom. The van der Waals surface area contributed by atoms with Crippen LogP contribution in [0.1, 0.15) is 43.1 Å². The number of hydrogen-bond donors (Lipinski definition) is 2. The third kappa shape index (κ3) is 2.97. The van der Waals surface area contributed by atoms with Crippen LogP contribution in [-0.4, -0.2) is 40.2 Å². The summed E-state index contributed by atoms with van der Waals surface area (Å²) in [7, 11) is 0. The summed E-state index contributed by atoms with van der Waals surface area (Å²) in [5.41, 5.74) is -2.01. The van der Waals surface area contributed by atoms with Crippen LogP contribution >= 0.6 is 0 Å². The summed E-state index contributed by atoms with van der Waals surface area (Å²) in [6.45, 7) is 7.29. The summed E-state index contributed by atoms with van der Waals surface area (Å²) in [5.74, 6) is -1.81. The van der Waals surface area contributed by atoms with Crippen molar-refractivity contribution in [2.45, 2.75) is 45.8 Å². The minimum atomic E-state index is -1.48. The molecule has 1 aromatic rings. The van der Waals surface area contributed by atoms with Gasteiger partial charge in [-0.05, 0) is 19.9 Å². The summed E-state index contributed by atoms with van der Waals surface area (Å²) in [6.07, 6.45) is -0.149. The number of nitrogens with zero attached hydrogens (tertiary/aromatic N) is 1. The predicted molar refractivity (Wildman–Crippen MR) is 89.5 cm³/mol. The second-order valence-corrected chi connectivity index (χ2v) is 6.79. The van der Waals surface area contributed by atoms with E-state index in [0.29, 0.717) is 12.2 Å². The minimum Gasteiger partial charge on any atom is -0.479 e. The number of aliphatic carboxylic acids is 1. The molecule has 2 unspecified atom stereocenters. The number of benzene rings is 1. The first-order valence-corrected chi connectivity index (χ1v) is 7.99. The highest BCUT2D eigenvalue weighted by Crippen LogP contribution is 2.51. The Morgan fingerprint density at radius 2 is 2.08 bits per heavy atom. The van der Waals surface area contributed by atoms with Gasteiger partial charge in [-0.2, -0.15) is 0 Å². The fraction of sp³-hybridized carbons (Fsp3) is 0.529. The number of carbonyl (C=O) groups excluding carboxylic acids is 1. The van der Waals surface area contributed by atoms with E-state index < -0.39 is 27.8 Å². The molecule has 1 amide bonds. The van der Waals surface area contributed by atoms with E-state index >= 15 is 0 Å². The molecular formula is C17H22N2O6. The monoisotopic (exact) mass is 350 g/mol. The molecule has 0 radical (unpaired) electrons. The number of rotatable bonds is 6. The Morgan fingerprint density at radius 3 is 2.56 bits per heavy atom. The van der Waals surface area contributed by atoms with Crippen LogP contribution in [0.25, 0.3) is 0 Å². The summed E-state index contributed by atoms with van der Waals surface area (Å²) >= 11 is 0. The molecule has 0 heterocycles. The van der Waals surface area contributed by atoms with Crippen LogP contribution in [0.5, 0.6) is 0 Å². The Kier molecular flexibility index (Phi) is 4.85. The lowest BCUT2D eigenvalue weighted by Gasteiger charge is -2.58. The Hall–Kier alpha value is -2.48. The number of nitrogens with one attached hydrogen (secondary N) is 1. The molecule has 1 aromatic carbocycles. The molecule has 0 bridgehead atoms. The molecule has 136 valence electrons. The molecule has 0 saturated heterocycles. The van der Waals surface area contributed by atoms with Crippen LogP contribution < -0.4 is 5.32 Å². The van der Waals surface area contributed by atoms with Gasteiger partial charge in [0.2, 0.25) is 0 Å². The number of nitro groups is 1. The third-order valence-electron chi connectivity index (χ3n) is 5.12. The fourth-order valence-corrected chi connectivity index (χ4v) is 3.25. The molecule has 1 aliphatic rings. The molecule has 2 N–H and O–H groups in total. The first-order chi connectivity index (χ1) is 11.6.